The summed E-state index contributed by atoms with van der Waals surface area (Å²) >= 11 is 0. The maximum atomic E-state index is 11.3. The number of pyridine rings is 1. The third kappa shape index (κ3) is 1.61. The van der Waals surface area contributed by atoms with Crippen LogP contribution in [0.2, 0.25) is 0 Å². The molecule has 0 bridgehead atoms. The van der Waals surface area contributed by atoms with Crippen molar-refractivity contribution in [3.8, 4) is 0 Å². The molecule has 0 amide bonds. The number of nitrogen functional groups attached to an aromatic ring is 1. The third-order valence-electron chi connectivity index (χ3n) is 2.16. The van der Waals surface area contributed by atoms with Gasteiger partial charge in [0.1, 0.15) is 5.82 Å². The van der Waals surface area contributed by atoms with Crippen LogP contribution >= 0.6 is 0 Å². The molecule has 2 rings (SSSR count). The highest BCUT2D eigenvalue weighted by molar-refractivity contribution is 5.97. The molecule has 1 aromatic carbocycles. The first kappa shape index (κ1) is 9.45. The molecule has 0 spiro atoms. The number of hydrogen-bond donors (Lipinski definition) is 1. The molecular formula is C11H10N2O2. The fraction of sp³-hybridized carbons (Fsp3) is 0.0909. The lowest BCUT2D eigenvalue weighted by molar-refractivity contribution is 0.0594. The molecule has 4 nitrogen and oxygen atoms in total. The number of fused-ring (bicyclic) bond motifs is 1. The van der Waals surface area contributed by atoms with Crippen LogP contribution in [0.15, 0.2) is 30.3 Å². The van der Waals surface area contributed by atoms with Gasteiger partial charge in [-0.25, -0.2) is 9.78 Å². The smallest absolute Gasteiger partial charge is 0.356 e. The van der Waals surface area contributed by atoms with E-state index in [-0.39, 0.29) is 5.69 Å². The number of hydrogen-bond acceptors (Lipinski definition) is 4. The predicted molar refractivity (Wildman–Crippen MR) is 57.5 cm³/mol. The van der Waals surface area contributed by atoms with Crippen molar-refractivity contribution in [2.24, 2.45) is 0 Å². The maximum absolute atomic E-state index is 11.3. The number of carbonyl (C=O) groups is 1. The highest BCUT2D eigenvalue weighted by Crippen LogP contribution is 2.20. The van der Waals surface area contributed by atoms with Crippen LogP contribution < -0.4 is 5.73 Å². The minimum atomic E-state index is -0.479. The molecule has 0 fully saturated rings. The van der Waals surface area contributed by atoms with E-state index in [1.54, 1.807) is 6.07 Å². The van der Waals surface area contributed by atoms with E-state index < -0.39 is 5.97 Å². The predicted octanol–water partition coefficient (Wildman–Crippen LogP) is 1.60. The molecule has 0 saturated heterocycles. The van der Waals surface area contributed by atoms with Crippen LogP contribution in [0.4, 0.5) is 5.82 Å². The Morgan fingerprint density at radius 2 is 2.13 bits per heavy atom. The van der Waals surface area contributed by atoms with Crippen molar-refractivity contribution in [1.29, 1.82) is 0 Å². The number of rotatable bonds is 1. The molecule has 76 valence electrons. The number of aromatic nitrogens is 1. The van der Waals surface area contributed by atoms with Gasteiger partial charge in [0.15, 0.2) is 5.69 Å². The third-order valence-corrected chi connectivity index (χ3v) is 2.16. The van der Waals surface area contributed by atoms with E-state index in [0.29, 0.717) is 5.82 Å². The maximum Gasteiger partial charge on any atom is 0.356 e. The zero-order valence-electron chi connectivity index (χ0n) is 8.23. The molecule has 2 aromatic rings. The van der Waals surface area contributed by atoms with Crippen molar-refractivity contribution < 1.29 is 9.53 Å². The Morgan fingerprint density at radius 3 is 2.87 bits per heavy atom. The molecule has 2 N–H and O–H groups in total. The van der Waals surface area contributed by atoms with Crippen LogP contribution in [0.3, 0.4) is 0 Å². The van der Waals surface area contributed by atoms with Crippen LogP contribution in [0.1, 0.15) is 10.5 Å². The SMILES string of the molecule is COC(=O)c1cc2ccccc2c(N)n1. The van der Waals surface area contributed by atoms with Gasteiger partial charge in [0.2, 0.25) is 0 Å². The fourth-order valence-electron chi connectivity index (χ4n) is 1.43. The lowest BCUT2D eigenvalue weighted by Crippen LogP contribution is -2.06. The lowest BCUT2D eigenvalue weighted by Gasteiger charge is -2.04. The fourth-order valence-corrected chi connectivity index (χ4v) is 1.43. The number of benzene rings is 1. The van der Waals surface area contributed by atoms with Gasteiger partial charge in [-0.2, -0.15) is 0 Å². The number of nitrogens with two attached hydrogens (primary N) is 1. The Morgan fingerprint density at radius 1 is 1.40 bits per heavy atom. The van der Waals surface area contributed by atoms with Crippen LogP contribution in [-0.2, 0) is 4.74 Å². The highest BCUT2D eigenvalue weighted by atomic mass is 16.5. The topological polar surface area (TPSA) is 65.2 Å². The zero-order valence-corrected chi connectivity index (χ0v) is 8.23. The van der Waals surface area contributed by atoms with Crippen molar-refractivity contribution >= 4 is 22.6 Å². The first-order chi connectivity index (χ1) is 7.22. The van der Waals surface area contributed by atoms with E-state index in [1.807, 2.05) is 24.3 Å². The average molecular weight is 202 g/mol. The van der Waals surface area contributed by atoms with Gasteiger partial charge in [0, 0.05) is 5.39 Å². The van der Waals surface area contributed by atoms with Crippen molar-refractivity contribution in [3.63, 3.8) is 0 Å². The highest BCUT2D eigenvalue weighted by Gasteiger charge is 2.09. The molecule has 4 heteroatoms. The van der Waals surface area contributed by atoms with E-state index in [9.17, 15) is 4.79 Å². The Balaban J connectivity index is 2.67. The molecule has 0 radical (unpaired) electrons. The Labute approximate surface area is 86.7 Å². The second-order valence-electron chi connectivity index (χ2n) is 3.11. The monoisotopic (exact) mass is 202 g/mol. The quantitative estimate of drug-likeness (QED) is 0.713. The summed E-state index contributed by atoms with van der Waals surface area (Å²) in [6.45, 7) is 0. The summed E-state index contributed by atoms with van der Waals surface area (Å²) in [5, 5.41) is 1.72. The first-order valence-corrected chi connectivity index (χ1v) is 4.46. The normalized spacial score (nSPS) is 10.2. The van der Waals surface area contributed by atoms with Crippen molar-refractivity contribution in [1.82, 2.24) is 4.98 Å². The van der Waals surface area contributed by atoms with Crippen molar-refractivity contribution in [3.05, 3.63) is 36.0 Å². The van der Waals surface area contributed by atoms with Gasteiger partial charge in [0.05, 0.1) is 7.11 Å². The first-order valence-electron chi connectivity index (χ1n) is 4.46. The molecular weight excluding hydrogens is 192 g/mol. The largest absolute Gasteiger partial charge is 0.464 e. The molecule has 0 saturated carbocycles. The van der Waals surface area contributed by atoms with Crippen molar-refractivity contribution in [2.45, 2.75) is 0 Å². The second-order valence-corrected chi connectivity index (χ2v) is 3.11. The Bertz CT molecular complexity index is 523. The van der Waals surface area contributed by atoms with E-state index >= 15 is 0 Å². The number of ether oxygens (including phenoxy) is 1. The summed E-state index contributed by atoms with van der Waals surface area (Å²) in [5.74, 6) is -0.138. The van der Waals surface area contributed by atoms with Crippen LogP contribution in [0.5, 0.6) is 0 Å². The van der Waals surface area contributed by atoms with E-state index in [1.165, 1.54) is 7.11 Å². The van der Waals surface area contributed by atoms with Gasteiger partial charge in [-0.15, -0.1) is 0 Å². The molecule has 0 aliphatic rings. The lowest BCUT2D eigenvalue weighted by atomic mass is 10.1. The molecule has 0 aliphatic heterocycles. The van der Waals surface area contributed by atoms with Gasteiger partial charge in [-0.05, 0) is 11.5 Å². The van der Waals surface area contributed by atoms with Gasteiger partial charge < -0.3 is 10.5 Å². The van der Waals surface area contributed by atoms with Gasteiger partial charge >= 0.3 is 5.97 Å². The number of carbonyl (C=O) groups excluding carboxylic acids is 1. The molecule has 0 unspecified atom stereocenters. The van der Waals surface area contributed by atoms with Gasteiger partial charge in [-0.3, -0.25) is 0 Å². The van der Waals surface area contributed by atoms with Crippen LogP contribution in [0.25, 0.3) is 10.8 Å². The summed E-state index contributed by atoms with van der Waals surface area (Å²) in [6.07, 6.45) is 0. The zero-order chi connectivity index (χ0) is 10.8. The van der Waals surface area contributed by atoms with Crippen LogP contribution in [0, 0.1) is 0 Å². The van der Waals surface area contributed by atoms with Gasteiger partial charge in [0.25, 0.3) is 0 Å². The Hall–Kier alpha value is -2.10. The van der Waals surface area contributed by atoms with Crippen molar-refractivity contribution in [2.75, 3.05) is 12.8 Å². The number of methoxy groups -OCH3 is 1. The molecule has 15 heavy (non-hydrogen) atoms. The van der Waals surface area contributed by atoms with Gasteiger partial charge in [-0.1, -0.05) is 24.3 Å². The van der Waals surface area contributed by atoms with E-state index in [2.05, 4.69) is 9.72 Å². The molecule has 1 heterocycles. The average Bonchev–Trinajstić information content (AvgIpc) is 2.28. The summed E-state index contributed by atoms with van der Waals surface area (Å²) in [6, 6.07) is 9.15. The summed E-state index contributed by atoms with van der Waals surface area (Å²) in [4.78, 5) is 15.2. The van der Waals surface area contributed by atoms with Crippen LogP contribution in [-0.4, -0.2) is 18.1 Å². The Kier molecular flexibility index (Phi) is 2.25. The number of anilines is 1. The minimum Gasteiger partial charge on any atom is -0.464 e. The summed E-state index contributed by atoms with van der Waals surface area (Å²) in [7, 11) is 1.31. The number of esters is 1. The number of nitrogens with zero attached hydrogens (tertiary/aromatic N) is 1. The summed E-state index contributed by atoms with van der Waals surface area (Å²) in [5.41, 5.74) is 5.96. The molecule has 1 aromatic heterocycles. The molecule has 0 atom stereocenters. The van der Waals surface area contributed by atoms with E-state index in [0.717, 1.165) is 10.8 Å². The van der Waals surface area contributed by atoms with E-state index in [4.69, 9.17) is 5.73 Å². The minimum absolute atomic E-state index is 0.230. The summed E-state index contributed by atoms with van der Waals surface area (Å²) < 4.78 is 4.58. The standard InChI is InChI=1S/C11H10N2O2/c1-15-11(14)9-6-7-4-2-3-5-8(7)10(12)13-9/h2-6H,1H3,(H2,12,13). The second kappa shape index (κ2) is 3.57. The molecule has 0 aliphatic carbocycles.